The van der Waals surface area contributed by atoms with Crippen molar-refractivity contribution in [1.82, 2.24) is 9.97 Å². The van der Waals surface area contributed by atoms with Gasteiger partial charge in [-0.3, -0.25) is 0 Å². The van der Waals surface area contributed by atoms with E-state index in [-0.39, 0.29) is 0 Å². The summed E-state index contributed by atoms with van der Waals surface area (Å²) in [5, 5.41) is 7.09. The SMILES string of the molecule is COc1ccc(CNc2cc(Nc3ccccc3Cl)ncn2)cc1OC. The lowest BCUT2D eigenvalue weighted by atomic mass is 10.2. The first kappa shape index (κ1) is 17.8. The van der Waals surface area contributed by atoms with Gasteiger partial charge in [-0.2, -0.15) is 0 Å². The van der Waals surface area contributed by atoms with Gasteiger partial charge >= 0.3 is 0 Å². The molecule has 1 aromatic heterocycles. The van der Waals surface area contributed by atoms with Crippen LogP contribution in [0.15, 0.2) is 54.9 Å². The van der Waals surface area contributed by atoms with Gasteiger partial charge in [-0.15, -0.1) is 0 Å². The minimum atomic E-state index is 0.586. The molecular weight excluding hydrogens is 352 g/mol. The van der Waals surface area contributed by atoms with Crippen LogP contribution in [-0.2, 0) is 6.54 Å². The molecule has 2 N–H and O–H groups in total. The summed E-state index contributed by atoms with van der Waals surface area (Å²) in [6, 6.07) is 15.1. The average Bonchev–Trinajstić information content (AvgIpc) is 2.68. The molecule has 134 valence electrons. The first-order valence-electron chi connectivity index (χ1n) is 7.98. The molecule has 0 atom stereocenters. The minimum absolute atomic E-state index is 0.586. The third-order valence-electron chi connectivity index (χ3n) is 3.73. The first-order chi connectivity index (χ1) is 12.7. The maximum Gasteiger partial charge on any atom is 0.161 e. The zero-order valence-electron chi connectivity index (χ0n) is 14.5. The van der Waals surface area contributed by atoms with Gasteiger partial charge in [0.2, 0.25) is 0 Å². The Labute approximate surface area is 157 Å². The topological polar surface area (TPSA) is 68.3 Å². The Kier molecular flexibility index (Phi) is 5.76. The normalized spacial score (nSPS) is 10.3. The largest absolute Gasteiger partial charge is 0.493 e. The number of anilines is 3. The van der Waals surface area contributed by atoms with Crippen molar-refractivity contribution >= 4 is 28.9 Å². The molecule has 0 saturated carbocycles. The number of rotatable bonds is 7. The zero-order chi connectivity index (χ0) is 18.4. The van der Waals surface area contributed by atoms with Crippen molar-refractivity contribution in [1.29, 1.82) is 0 Å². The fraction of sp³-hybridized carbons (Fsp3) is 0.158. The smallest absolute Gasteiger partial charge is 0.161 e. The van der Waals surface area contributed by atoms with E-state index in [9.17, 15) is 0 Å². The Morgan fingerprint density at radius 3 is 2.46 bits per heavy atom. The maximum absolute atomic E-state index is 6.16. The minimum Gasteiger partial charge on any atom is -0.493 e. The van der Waals surface area contributed by atoms with Gasteiger partial charge in [-0.1, -0.05) is 29.8 Å². The van der Waals surface area contributed by atoms with Gasteiger partial charge in [0.1, 0.15) is 18.0 Å². The van der Waals surface area contributed by atoms with E-state index in [2.05, 4.69) is 20.6 Å². The van der Waals surface area contributed by atoms with E-state index >= 15 is 0 Å². The molecule has 0 bridgehead atoms. The number of benzene rings is 2. The van der Waals surface area contributed by atoms with Crippen LogP contribution in [0.2, 0.25) is 5.02 Å². The number of methoxy groups -OCH3 is 2. The molecule has 3 rings (SSSR count). The molecule has 3 aromatic rings. The highest BCUT2D eigenvalue weighted by Crippen LogP contribution is 2.28. The van der Waals surface area contributed by atoms with Crippen molar-refractivity contribution in [2.45, 2.75) is 6.54 Å². The lowest BCUT2D eigenvalue weighted by molar-refractivity contribution is 0.354. The van der Waals surface area contributed by atoms with E-state index in [0.717, 1.165) is 11.3 Å². The summed E-state index contributed by atoms with van der Waals surface area (Å²) in [6.45, 7) is 0.586. The van der Waals surface area contributed by atoms with Crippen LogP contribution in [0, 0.1) is 0 Å². The lowest BCUT2D eigenvalue weighted by Gasteiger charge is -2.11. The second-order valence-corrected chi connectivity index (χ2v) is 5.84. The second kappa shape index (κ2) is 8.40. The molecule has 2 aromatic carbocycles. The van der Waals surface area contributed by atoms with Crippen molar-refractivity contribution < 1.29 is 9.47 Å². The summed E-state index contributed by atoms with van der Waals surface area (Å²) < 4.78 is 10.6. The van der Waals surface area contributed by atoms with Gasteiger partial charge in [0.15, 0.2) is 11.5 Å². The van der Waals surface area contributed by atoms with Crippen molar-refractivity contribution in [3.8, 4) is 11.5 Å². The number of halogens is 1. The van der Waals surface area contributed by atoms with Crippen LogP contribution in [-0.4, -0.2) is 24.2 Å². The predicted molar refractivity (Wildman–Crippen MR) is 104 cm³/mol. The Hall–Kier alpha value is -2.99. The van der Waals surface area contributed by atoms with Crippen LogP contribution in [0.3, 0.4) is 0 Å². The molecule has 1 heterocycles. The first-order valence-corrected chi connectivity index (χ1v) is 8.36. The van der Waals surface area contributed by atoms with Crippen molar-refractivity contribution in [3.05, 3.63) is 65.4 Å². The molecule has 0 fully saturated rings. The number of hydrogen-bond acceptors (Lipinski definition) is 6. The molecule has 0 saturated heterocycles. The summed E-state index contributed by atoms with van der Waals surface area (Å²) in [4.78, 5) is 8.47. The highest BCUT2D eigenvalue weighted by molar-refractivity contribution is 6.33. The molecule has 7 heteroatoms. The highest BCUT2D eigenvalue weighted by Gasteiger charge is 2.06. The van der Waals surface area contributed by atoms with E-state index in [0.29, 0.717) is 34.7 Å². The van der Waals surface area contributed by atoms with E-state index in [1.165, 1.54) is 6.33 Å². The molecular formula is C19H19ClN4O2. The molecule has 0 aliphatic carbocycles. The fourth-order valence-corrected chi connectivity index (χ4v) is 2.59. The Morgan fingerprint density at radius 1 is 0.923 bits per heavy atom. The lowest BCUT2D eigenvalue weighted by Crippen LogP contribution is -2.04. The zero-order valence-corrected chi connectivity index (χ0v) is 15.2. The summed E-state index contributed by atoms with van der Waals surface area (Å²) in [5.74, 6) is 2.74. The summed E-state index contributed by atoms with van der Waals surface area (Å²) in [5.41, 5.74) is 1.83. The number of nitrogens with one attached hydrogen (secondary N) is 2. The fourth-order valence-electron chi connectivity index (χ4n) is 2.41. The Bertz CT molecular complexity index is 889. The number of para-hydroxylation sites is 1. The van der Waals surface area contributed by atoms with Crippen LogP contribution >= 0.6 is 11.6 Å². The third-order valence-corrected chi connectivity index (χ3v) is 4.05. The Morgan fingerprint density at radius 2 is 1.69 bits per heavy atom. The van der Waals surface area contributed by atoms with E-state index < -0.39 is 0 Å². The molecule has 0 spiro atoms. The van der Waals surface area contributed by atoms with Crippen molar-refractivity contribution in [2.75, 3.05) is 24.9 Å². The molecule has 26 heavy (non-hydrogen) atoms. The van der Waals surface area contributed by atoms with Gasteiger partial charge < -0.3 is 20.1 Å². The molecule has 0 unspecified atom stereocenters. The average molecular weight is 371 g/mol. The van der Waals surface area contributed by atoms with Crippen LogP contribution in [0.4, 0.5) is 17.3 Å². The van der Waals surface area contributed by atoms with Gasteiger partial charge in [-0.05, 0) is 29.8 Å². The molecule has 6 nitrogen and oxygen atoms in total. The number of aromatic nitrogens is 2. The summed E-state index contributed by atoms with van der Waals surface area (Å²) in [6.07, 6.45) is 1.50. The predicted octanol–water partition coefficient (Wildman–Crippen LogP) is 4.50. The van der Waals surface area contributed by atoms with Crippen molar-refractivity contribution in [3.63, 3.8) is 0 Å². The van der Waals surface area contributed by atoms with Gasteiger partial charge in [0, 0.05) is 12.6 Å². The van der Waals surface area contributed by atoms with E-state index in [4.69, 9.17) is 21.1 Å². The third kappa shape index (κ3) is 4.34. The second-order valence-electron chi connectivity index (χ2n) is 5.44. The molecule has 0 aliphatic heterocycles. The van der Waals surface area contributed by atoms with Gasteiger partial charge in [0.25, 0.3) is 0 Å². The monoisotopic (exact) mass is 370 g/mol. The highest BCUT2D eigenvalue weighted by atomic mass is 35.5. The quantitative estimate of drug-likeness (QED) is 0.638. The van der Waals surface area contributed by atoms with Crippen LogP contribution < -0.4 is 20.1 Å². The number of nitrogens with zero attached hydrogens (tertiary/aromatic N) is 2. The summed E-state index contributed by atoms with van der Waals surface area (Å²) in [7, 11) is 3.23. The molecule has 0 aliphatic rings. The molecule has 0 amide bonds. The van der Waals surface area contributed by atoms with Crippen LogP contribution in [0.25, 0.3) is 0 Å². The van der Waals surface area contributed by atoms with Gasteiger partial charge in [0.05, 0.1) is 24.9 Å². The van der Waals surface area contributed by atoms with Gasteiger partial charge in [-0.25, -0.2) is 9.97 Å². The number of ether oxygens (including phenoxy) is 2. The van der Waals surface area contributed by atoms with Crippen molar-refractivity contribution in [2.24, 2.45) is 0 Å². The standard InChI is InChI=1S/C19H19ClN4O2/c1-25-16-8-7-13(9-17(16)26-2)11-21-18-10-19(23-12-22-18)24-15-6-4-3-5-14(15)20/h3-10,12H,11H2,1-2H3,(H2,21,22,23,24). The van der Waals surface area contributed by atoms with E-state index in [1.807, 2.05) is 48.5 Å². The van der Waals surface area contributed by atoms with Crippen LogP contribution in [0.1, 0.15) is 5.56 Å². The summed E-state index contributed by atoms with van der Waals surface area (Å²) >= 11 is 6.16. The van der Waals surface area contributed by atoms with E-state index in [1.54, 1.807) is 14.2 Å². The molecule has 0 radical (unpaired) electrons. The Balaban J connectivity index is 1.68. The van der Waals surface area contributed by atoms with Crippen LogP contribution in [0.5, 0.6) is 11.5 Å². The number of hydrogen-bond donors (Lipinski definition) is 2. The maximum atomic E-state index is 6.16.